The van der Waals surface area contributed by atoms with E-state index in [0.717, 1.165) is 38.0 Å². The monoisotopic (exact) mass is 632 g/mol. The maximum absolute atomic E-state index is 15.3. The van der Waals surface area contributed by atoms with Crippen LogP contribution < -0.4 is 10.6 Å². The summed E-state index contributed by atoms with van der Waals surface area (Å²) in [5, 5.41) is 26.3. The molecule has 1 atom stereocenters. The average Bonchev–Trinajstić information content (AvgIpc) is 3.52. The normalized spacial score (nSPS) is 14.8. The van der Waals surface area contributed by atoms with Crippen molar-refractivity contribution in [3.63, 3.8) is 0 Å². The first-order valence-corrected chi connectivity index (χ1v) is 15.0. The Morgan fingerprint density at radius 3 is 2.55 bits per heavy atom. The molecule has 224 valence electrons. The van der Waals surface area contributed by atoms with Crippen molar-refractivity contribution in [3.05, 3.63) is 105 Å². The number of likely N-dealkylation sites (tertiary alicyclic amines) is 1. The number of fused-ring (bicyclic) bond motifs is 1. The van der Waals surface area contributed by atoms with Gasteiger partial charge < -0.3 is 15.5 Å². The highest BCUT2D eigenvalue weighted by Gasteiger charge is 2.25. The third-order valence-corrected chi connectivity index (χ3v) is 8.49. The Morgan fingerprint density at radius 1 is 1.07 bits per heavy atom. The van der Waals surface area contributed by atoms with E-state index in [1.165, 1.54) is 36.5 Å². The second-order valence-corrected chi connectivity index (χ2v) is 11.5. The number of piperidine rings is 1. The first kappa shape index (κ1) is 29.8. The molecule has 0 aliphatic carbocycles. The van der Waals surface area contributed by atoms with Crippen molar-refractivity contribution in [2.75, 3.05) is 30.3 Å². The van der Waals surface area contributed by atoms with Crippen molar-refractivity contribution in [1.29, 1.82) is 5.26 Å². The fourth-order valence-electron chi connectivity index (χ4n) is 5.56. The smallest absolute Gasteiger partial charge is 0.141 e. The predicted molar refractivity (Wildman–Crippen MR) is 168 cm³/mol. The molecular weight excluding hydrogens is 605 g/mol. The van der Waals surface area contributed by atoms with Crippen LogP contribution in [0.15, 0.2) is 67.0 Å². The molecule has 0 radical (unpaired) electrons. The fraction of sp³-hybridized carbons (Fsp3) is 0.250. The van der Waals surface area contributed by atoms with E-state index >= 15 is 4.39 Å². The van der Waals surface area contributed by atoms with E-state index in [4.69, 9.17) is 23.2 Å². The van der Waals surface area contributed by atoms with Gasteiger partial charge in [0.1, 0.15) is 23.4 Å². The summed E-state index contributed by atoms with van der Waals surface area (Å²) in [6, 6.07) is 15.9. The van der Waals surface area contributed by atoms with Gasteiger partial charge in [-0.15, -0.1) is 5.10 Å². The number of hydrogen-bond acceptors (Lipinski definition) is 7. The molecule has 0 amide bonds. The molecule has 6 rings (SSSR count). The van der Waals surface area contributed by atoms with Crippen LogP contribution in [0.1, 0.15) is 48.7 Å². The van der Waals surface area contributed by atoms with E-state index in [-0.39, 0.29) is 16.6 Å². The fourth-order valence-corrected chi connectivity index (χ4v) is 5.86. The molecule has 5 aromatic rings. The van der Waals surface area contributed by atoms with Gasteiger partial charge in [0.25, 0.3) is 0 Å². The van der Waals surface area contributed by atoms with Gasteiger partial charge in [0, 0.05) is 35.4 Å². The Labute approximate surface area is 263 Å². The van der Waals surface area contributed by atoms with Gasteiger partial charge in [0.05, 0.1) is 45.8 Å². The molecule has 12 heteroatoms. The number of hydrogen-bond donors (Lipinski definition) is 2. The average molecular weight is 634 g/mol. The molecule has 0 unspecified atom stereocenters. The van der Waals surface area contributed by atoms with Gasteiger partial charge in [-0.2, -0.15) is 5.26 Å². The molecule has 44 heavy (non-hydrogen) atoms. The Kier molecular flexibility index (Phi) is 8.62. The molecule has 8 nitrogen and oxygen atoms in total. The quantitative estimate of drug-likeness (QED) is 0.180. The molecule has 3 aromatic carbocycles. The van der Waals surface area contributed by atoms with Crippen LogP contribution in [0.4, 0.5) is 25.8 Å². The second kappa shape index (κ2) is 12.7. The van der Waals surface area contributed by atoms with Crippen molar-refractivity contribution in [2.45, 2.75) is 31.8 Å². The van der Waals surface area contributed by atoms with Crippen molar-refractivity contribution in [3.8, 4) is 6.07 Å². The molecule has 1 fully saturated rings. The van der Waals surface area contributed by atoms with Crippen LogP contribution in [-0.2, 0) is 0 Å². The van der Waals surface area contributed by atoms with Crippen molar-refractivity contribution < 1.29 is 8.78 Å². The molecule has 0 bridgehead atoms. The Morgan fingerprint density at radius 2 is 1.84 bits per heavy atom. The Bertz CT molecular complexity index is 1850. The zero-order valence-electron chi connectivity index (χ0n) is 23.7. The summed E-state index contributed by atoms with van der Waals surface area (Å²) in [6.07, 6.45) is 5.30. The molecule has 1 aliphatic heterocycles. The molecule has 2 aromatic heterocycles. The number of pyridine rings is 1. The lowest BCUT2D eigenvalue weighted by molar-refractivity contribution is 0.186. The first-order chi connectivity index (χ1) is 21.3. The number of nitrogens with zero attached hydrogens (tertiary/aromatic N) is 6. The molecule has 0 saturated carbocycles. The summed E-state index contributed by atoms with van der Waals surface area (Å²) in [5.41, 5.74) is 3.22. The van der Waals surface area contributed by atoms with Crippen LogP contribution in [0.5, 0.6) is 0 Å². The SMILES string of the molecule is CCN1CCC(n2cc([C@@H](Nc3cc(F)cc4c(Nc5ccc(F)c(Cl)c5)c(C#N)cnc34)c3ccc(Cl)cc3)nn2)CC1. The van der Waals surface area contributed by atoms with Gasteiger partial charge in [0.15, 0.2) is 0 Å². The van der Waals surface area contributed by atoms with Crippen LogP contribution in [0.2, 0.25) is 10.0 Å². The minimum Gasteiger partial charge on any atom is -0.371 e. The van der Waals surface area contributed by atoms with Crippen LogP contribution >= 0.6 is 23.2 Å². The highest BCUT2D eigenvalue weighted by Crippen LogP contribution is 2.37. The molecular formula is C32H28Cl2F2N8. The first-order valence-electron chi connectivity index (χ1n) is 14.2. The molecule has 0 spiro atoms. The van der Waals surface area contributed by atoms with E-state index in [1.54, 1.807) is 12.1 Å². The van der Waals surface area contributed by atoms with E-state index in [1.807, 2.05) is 23.0 Å². The third kappa shape index (κ3) is 6.17. The lowest BCUT2D eigenvalue weighted by Crippen LogP contribution is -2.34. The van der Waals surface area contributed by atoms with Crippen molar-refractivity contribution >= 4 is 51.2 Å². The highest BCUT2D eigenvalue weighted by atomic mass is 35.5. The molecule has 2 N–H and O–H groups in total. The van der Waals surface area contributed by atoms with Gasteiger partial charge >= 0.3 is 0 Å². The number of rotatable bonds is 8. The van der Waals surface area contributed by atoms with Crippen LogP contribution in [0.25, 0.3) is 10.9 Å². The van der Waals surface area contributed by atoms with Gasteiger partial charge in [-0.1, -0.05) is 47.5 Å². The van der Waals surface area contributed by atoms with E-state index in [2.05, 4.69) is 43.8 Å². The Balaban J connectivity index is 1.40. The zero-order valence-corrected chi connectivity index (χ0v) is 25.2. The minimum absolute atomic E-state index is 0.0878. The van der Waals surface area contributed by atoms with Gasteiger partial charge in [-0.3, -0.25) is 4.98 Å². The van der Waals surface area contributed by atoms with Crippen molar-refractivity contribution in [2.24, 2.45) is 0 Å². The van der Waals surface area contributed by atoms with Gasteiger partial charge in [-0.25, -0.2) is 13.5 Å². The Hall–Kier alpha value is -4.30. The predicted octanol–water partition coefficient (Wildman–Crippen LogP) is 7.88. The summed E-state index contributed by atoms with van der Waals surface area (Å²) in [6.45, 7) is 5.20. The summed E-state index contributed by atoms with van der Waals surface area (Å²) in [7, 11) is 0. The maximum Gasteiger partial charge on any atom is 0.141 e. The van der Waals surface area contributed by atoms with Crippen LogP contribution in [0.3, 0.4) is 0 Å². The highest BCUT2D eigenvalue weighted by molar-refractivity contribution is 6.31. The van der Waals surface area contributed by atoms with Gasteiger partial charge in [-0.05, 0) is 67.4 Å². The summed E-state index contributed by atoms with van der Waals surface area (Å²) >= 11 is 12.2. The molecule has 1 aliphatic rings. The number of nitrogens with one attached hydrogen (secondary N) is 2. The summed E-state index contributed by atoms with van der Waals surface area (Å²) < 4.78 is 31.0. The number of aromatic nitrogens is 4. The van der Waals surface area contributed by atoms with Crippen LogP contribution in [-0.4, -0.2) is 44.5 Å². The summed E-state index contributed by atoms with van der Waals surface area (Å²) in [5.74, 6) is -1.12. The topological polar surface area (TPSA) is 94.7 Å². The number of benzene rings is 3. The zero-order chi connectivity index (χ0) is 30.8. The number of anilines is 3. The van der Waals surface area contributed by atoms with Gasteiger partial charge in [0.2, 0.25) is 0 Å². The third-order valence-electron chi connectivity index (χ3n) is 7.95. The molecule has 3 heterocycles. The van der Waals surface area contributed by atoms with E-state index < -0.39 is 17.7 Å². The summed E-state index contributed by atoms with van der Waals surface area (Å²) in [4.78, 5) is 6.95. The van der Waals surface area contributed by atoms with E-state index in [9.17, 15) is 9.65 Å². The van der Waals surface area contributed by atoms with Crippen LogP contribution in [0, 0.1) is 23.0 Å². The van der Waals surface area contributed by atoms with E-state index in [0.29, 0.717) is 38.7 Å². The largest absolute Gasteiger partial charge is 0.371 e. The minimum atomic E-state index is -0.577. The molecule has 1 saturated heterocycles. The van der Waals surface area contributed by atoms with Crippen molar-refractivity contribution in [1.82, 2.24) is 24.9 Å². The number of nitriles is 1. The lowest BCUT2D eigenvalue weighted by atomic mass is 10.0. The lowest BCUT2D eigenvalue weighted by Gasteiger charge is -2.30. The standard InChI is InChI=1S/C32H28Cl2F2N8/c1-2-43-11-9-24(10-12-43)44-18-29(41-42-44)31(19-3-5-21(33)6-4-19)40-28-14-22(35)13-25-30(20(16-37)17-38-32(25)28)39-23-7-8-27(36)26(34)15-23/h3-8,13-15,17-18,24,31,40H,2,9-12H2,1H3,(H,38,39)/t31-/m0/s1. The maximum atomic E-state index is 15.3. The second-order valence-electron chi connectivity index (χ2n) is 10.7. The number of halogens is 4.